The van der Waals surface area contributed by atoms with E-state index in [4.69, 9.17) is 9.47 Å². The van der Waals surface area contributed by atoms with Gasteiger partial charge in [0.05, 0.1) is 16.9 Å². The van der Waals surface area contributed by atoms with Gasteiger partial charge in [0.25, 0.3) is 0 Å². The molecule has 194 valence electrons. The van der Waals surface area contributed by atoms with Crippen molar-refractivity contribution >= 4 is 11.8 Å². The summed E-state index contributed by atoms with van der Waals surface area (Å²) in [6, 6.07) is 0. The van der Waals surface area contributed by atoms with Gasteiger partial charge in [-0.15, -0.1) is 0 Å². The molecule has 9 rings (SSSR count). The zero-order valence-electron chi connectivity index (χ0n) is 22.5. The zero-order valence-corrected chi connectivity index (χ0v) is 22.5. The minimum Gasteiger partial charge on any atom is -0.464 e. The Morgan fingerprint density at radius 2 is 1.60 bits per heavy atom. The van der Waals surface area contributed by atoms with Gasteiger partial charge >= 0.3 is 5.97 Å². The summed E-state index contributed by atoms with van der Waals surface area (Å²) in [5, 5.41) is 13.1. The molecule has 0 amide bonds. The standard InChI is InChI=1S/C30H44O5/c1-24(2)11-13-29-14-12-28(6)27(5)10-7-17-25(3,9-8-19(31)26(17,4)16-34-23(29)32)21(27)20-22(35-20)30(28,33)18(29)15-24/h17-18,20-22,33H,7-16H2,1-6H3/t17-,18-,20+,21+,22+,25-,26-,27-,28+,29+,30-/m1/s1. The Labute approximate surface area is 210 Å². The van der Waals surface area contributed by atoms with Crippen LogP contribution in [-0.2, 0) is 19.1 Å². The summed E-state index contributed by atoms with van der Waals surface area (Å²) >= 11 is 0. The Morgan fingerprint density at radius 3 is 2.34 bits per heavy atom. The molecule has 35 heavy (non-hydrogen) atoms. The fourth-order valence-corrected chi connectivity index (χ4v) is 11.9. The number of ketones is 1. The van der Waals surface area contributed by atoms with Gasteiger partial charge in [-0.2, -0.15) is 0 Å². The third-order valence-electron chi connectivity index (χ3n) is 14.1. The molecule has 5 aliphatic carbocycles. The van der Waals surface area contributed by atoms with E-state index in [1.807, 2.05) is 0 Å². The molecule has 4 aliphatic heterocycles. The Hall–Kier alpha value is -0.940. The first-order valence-electron chi connectivity index (χ1n) is 14.3. The van der Waals surface area contributed by atoms with E-state index in [2.05, 4.69) is 41.5 Å². The van der Waals surface area contributed by atoms with Gasteiger partial charge in [-0.1, -0.05) is 34.6 Å². The van der Waals surface area contributed by atoms with Crippen LogP contribution in [0.15, 0.2) is 0 Å². The van der Waals surface area contributed by atoms with E-state index < -0.39 is 16.4 Å². The molecule has 4 heterocycles. The number of carbonyl (C=O) groups is 2. The molecule has 0 radical (unpaired) electrons. The molecule has 5 heteroatoms. The maximum absolute atomic E-state index is 14.2. The van der Waals surface area contributed by atoms with Gasteiger partial charge in [0.1, 0.15) is 24.1 Å². The zero-order chi connectivity index (χ0) is 25.0. The first kappa shape index (κ1) is 23.2. The van der Waals surface area contributed by atoms with Crippen LogP contribution in [0.25, 0.3) is 0 Å². The highest BCUT2D eigenvalue weighted by molar-refractivity contribution is 5.87. The number of hydrogen-bond donors (Lipinski definition) is 1. The van der Waals surface area contributed by atoms with Gasteiger partial charge in [-0.3, -0.25) is 9.59 Å². The summed E-state index contributed by atoms with van der Waals surface area (Å²) < 4.78 is 12.9. The Morgan fingerprint density at radius 1 is 0.886 bits per heavy atom. The van der Waals surface area contributed by atoms with Crippen molar-refractivity contribution in [3.05, 3.63) is 0 Å². The van der Waals surface area contributed by atoms with Crippen LogP contribution in [-0.4, -0.2) is 41.3 Å². The number of epoxide rings is 1. The third-order valence-corrected chi connectivity index (χ3v) is 14.1. The molecule has 0 aromatic rings. The van der Waals surface area contributed by atoms with Crippen LogP contribution in [0.4, 0.5) is 0 Å². The average molecular weight is 485 g/mol. The molecule has 0 unspecified atom stereocenters. The molecule has 1 spiro atoms. The van der Waals surface area contributed by atoms with Crippen molar-refractivity contribution in [1.82, 2.24) is 0 Å². The van der Waals surface area contributed by atoms with E-state index in [1.165, 1.54) is 0 Å². The van der Waals surface area contributed by atoms with E-state index in [0.717, 1.165) is 51.4 Å². The van der Waals surface area contributed by atoms with Crippen LogP contribution in [0.3, 0.4) is 0 Å². The van der Waals surface area contributed by atoms with Crippen LogP contribution >= 0.6 is 0 Å². The molecule has 0 aromatic carbocycles. The Bertz CT molecular complexity index is 1040. The second-order valence-electron chi connectivity index (χ2n) is 15.7. The Balaban J connectivity index is 1.50. The van der Waals surface area contributed by atoms with Gasteiger partial charge in [-0.25, -0.2) is 0 Å². The van der Waals surface area contributed by atoms with Gasteiger partial charge in [0, 0.05) is 17.8 Å². The highest BCUT2D eigenvalue weighted by Crippen LogP contribution is 2.81. The number of hydrogen-bond acceptors (Lipinski definition) is 5. The molecule has 5 nitrogen and oxygen atoms in total. The molecule has 11 atom stereocenters. The summed E-state index contributed by atoms with van der Waals surface area (Å²) in [5.41, 5.74) is -2.79. The minimum atomic E-state index is -1.03. The molecular formula is C30H44O5. The normalized spacial score (nSPS) is 61.9. The number of esters is 1. The first-order chi connectivity index (χ1) is 16.2. The molecule has 4 saturated heterocycles. The van der Waals surface area contributed by atoms with Crippen LogP contribution in [0.5, 0.6) is 0 Å². The minimum absolute atomic E-state index is 0.0274. The van der Waals surface area contributed by atoms with E-state index in [0.29, 0.717) is 12.3 Å². The first-order valence-corrected chi connectivity index (χ1v) is 14.3. The van der Waals surface area contributed by atoms with E-state index in [9.17, 15) is 14.7 Å². The summed E-state index contributed by atoms with van der Waals surface area (Å²) in [5.74, 6) is 0.431. The van der Waals surface area contributed by atoms with E-state index in [-0.39, 0.29) is 64.1 Å². The van der Waals surface area contributed by atoms with Crippen molar-refractivity contribution in [2.45, 2.75) is 117 Å². The SMILES string of the molecule is CC1(C)CC[C@]23CC[C@]4(C)[C@@](O)([C@@H]2C1)[C@H]1O[C@H]1[C@H]1[C@]2(C)CCC(=O)[C@](C)(COC3=O)[C@@H]2CC[C@]14C. The van der Waals surface area contributed by atoms with Crippen molar-refractivity contribution in [3.8, 4) is 0 Å². The predicted octanol–water partition coefficient (Wildman–Crippen LogP) is 5.08. The molecule has 0 aromatic heterocycles. The maximum atomic E-state index is 14.2. The van der Waals surface area contributed by atoms with Crippen LogP contribution < -0.4 is 0 Å². The second kappa shape index (κ2) is 6.20. The smallest absolute Gasteiger partial charge is 0.312 e. The van der Waals surface area contributed by atoms with Crippen LogP contribution in [0, 0.1) is 50.2 Å². The predicted molar refractivity (Wildman–Crippen MR) is 130 cm³/mol. The van der Waals surface area contributed by atoms with Crippen molar-refractivity contribution < 1.29 is 24.2 Å². The summed E-state index contributed by atoms with van der Waals surface area (Å²) in [6.07, 6.45) is 7.34. The summed E-state index contributed by atoms with van der Waals surface area (Å²) in [7, 11) is 0. The van der Waals surface area contributed by atoms with Gasteiger partial charge in [0.2, 0.25) is 0 Å². The van der Waals surface area contributed by atoms with Crippen molar-refractivity contribution in [2.24, 2.45) is 50.2 Å². The lowest BCUT2D eigenvalue weighted by atomic mass is 9.30. The molecule has 9 fully saturated rings. The van der Waals surface area contributed by atoms with Crippen molar-refractivity contribution in [1.29, 1.82) is 0 Å². The van der Waals surface area contributed by atoms with Crippen LogP contribution in [0.1, 0.15) is 99.3 Å². The van der Waals surface area contributed by atoms with Gasteiger partial charge in [-0.05, 0) is 86.4 Å². The fraction of sp³-hybridized carbons (Fsp3) is 0.933. The number of carbonyl (C=O) groups excluding carboxylic acids is 2. The molecule has 1 N–H and O–H groups in total. The average Bonchev–Trinajstić information content (AvgIpc) is 3.57. The maximum Gasteiger partial charge on any atom is 0.312 e. The number of ether oxygens (including phenoxy) is 2. The fourth-order valence-electron chi connectivity index (χ4n) is 11.9. The van der Waals surface area contributed by atoms with Gasteiger partial charge in [0.15, 0.2) is 0 Å². The van der Waals surface area contributed by atoms with Crippen molar-refractivity contribution in [3.63, 3.8) is 0 Å². The molecule has 5 saturated carbocycles. The lowest BCUT2D eigenvalue weighted by Crippen LogP contribution is -2.78. The summed E-state index contributed by atoms with van der Waals surface area (Å²) in [6.45, 7) is 14.0. The largest absolute Gasteiger partial charge is 0.464 e. The highest BCUT2D eigenvalue weighted by Gasteiger charge is 2.85. The highest BCUT2D eigenvalue weighted by atomic mass is 16.6. The topological polar surface area (TPSA) is 76.1 Å². The number of Topliss-reactive ketones (excluding diaryl/α,β-unsaturated/α-hetero) is 1. The molecule has 9 aliphatic rings. The van der Waals surface area contributed by atoms with Crippen molar-refractivity contribution in [2.75, 3.05) is 6.61 Å². The quantitative estimate of drug-likeness (QED) is 0.383. The summed E-state index contributed by atoms with van der Waals surface area (Å²) in [4.78, 5) is 27.7. The molecule has 8 bridgehead atoms. The lowest BCUT2D eigenvalue weighted by molar-refractivity contribution is -0.304. The number of rotatable bonds is 0. The third kappa shape index (κ3) is 2.29. The van der Waals surface area contributed by atoms with Crippen LogP contribution in [0.2, 0.25) is 0 Å². The number of aliphatic hydroxyl groups is 1. The second-order valence-corrected chi connectivity index (χ2v) is 15.7. The lowest BCUT2D eigenvalue weighted by Gasteiger charge is -2.74. The van der Waals surface area contributed by atoms with E-state index in [1.54, 1.807) is 0 Å². The molecular weight excluding hydrogens is 440 g/mol. The monoisotopic (exact) mass is 484 g/mol. The van der Waals surface area contributed by atoms with E-state index >= 15 is 0 Å². The number of fused-ring (bicyclic) bond motifs is 1. The Kier molecular flexibility index (Phi) is 4.11. The van der Waals surface area contributed by atoms with Gasteiger partial charge < -0.3 is 14.6 Å².